The highest BCUT2D eigenvalue weighted by Crippen LogP contribution is 2.20. The Hall–Kier alpha value is -1.66. The standard InChI is InChI=1S/C13H16N4OS/c1-8-7-19-13-16-10(3)11(17(8)13)5-14-6-12-15-4-9(2)18-12/h4,7,14H,5-6H2,1-3H3. The number of nitrogens with one attached hydrogen (secondary N) is 1. The van der Waals surface area contributed by atoms with Gasteiger partial charge in [-0.2, -0.15) is 0 Å². The van der Waals surface area contributed by atoms with E-state index in [-0.39, 0.29) is 0 Å². The summed E-state index contributed by atoms with van der Waals surface area (Å²) >= 11 is 1.68. The third-order valence-corrected chi connectivity index (χ3v) is 4.01. The van der Waals surface area contributed by atoms with Crippen LogP contribution in [-0.4, -0.2) is 14.4 Å². The summed E-state index contributed by atoms with van der Waals surface area (Å²) in [6, 6.07) is 0. The highest BCUT2D eigenvalue weighted by molar-refractivity contribution is 7.15. The van der Waals surface area contributed by atoms with Crippen LogP contribution in [0.3, 0.4) is 0 Å². The van der Waals surface area contributed by atoms with Gasteiger partial charge in [-0.3, -0.25) is 4.40 Å². The van der Waals surface area contributed by atoms with Gasteiger partial charge in [0, 0.05) is 17.6 Å². The zero-order valence-electron chi connectivity index (χ0n) is 11.2. The molecule has 0 saturated carbocycles. The maximum absolute atomic E-state index is 5.44. The molecule has 0 fully saturated rings. The van der Waals surface area contributed by atoms with Gasteiger partial charge in [-0.15, -0.1) is 11.3 Å². The van der Waals surface area contributed by atoms with E-state index < -0.39 is 0 Å². The van der Waals surface area contributed by atoms with Crippen LogP contribution in [0, 0.1) is 20.8 Å². The van der Waals surface area contributed by atoms with Gasteiger partial charge < -0.3 is 9.73 Å². The molecule has 19 heavy (non-hydrogen) atoms. The second-order valence-electron chi connectivity index (χ2n) is 4.61. The molecule has 0 unspecified atom stereocenters. The minimum absolute atomic E-state index is 0.629. The number of fused-ring (bicyclic) bond motifs is 1. The summed E-state index contributed by atoms with van der Waals surface area (Å²) in [6.45, 7) is 7.43. The van der Waals surface area contributed by atoms with Crippen LogP contribution in [0.2, 0.25) is 0 Å². The van der Waals surface area contributed by atoms with Crippen LogP contribution < -0.4 is 5.32 Å². The van der Waals surface area contributed by atoms with Crippen molar-refractivity contribution in [3.8, 4) is 0 Å². The van der Waals surface area contributed by atoms with Gasteiger partial charge in [-0.05, 0) is 20.8 Å². The summed E-state index contributed by atoms with van der Waals surface area (Å²) in [5.41, 5.74) is 3.51. The topological polar surface area (TPSA) is 55.4 Å². The largest absolute Gasteiger partial charge is 0.445 e. The molecule has 3 aromatic heterocycles. The average Bonchev–Trinajstić information content (AvgIpc) is 3.01. The lowest BCUT2D eigenvalue weighted by molar-refractivity contribution is 0.448. The molecule has 5 nitrogen and oxygen atoms in total. The van der Waals surface area contributed by atoms with Crippen molar-refractivity contribution < 1.29 is 4.42 Å². The molecule has 0 bridgehead atoms. The van der Waals surface area contributed by atoms with Gasteiger partial charge in [0.1, 0.15) is 5.76 Å². The molecule has 3 rings (SSSR count). The first-order chi connectivity index (χ1) is 9.15. The number of rotatable bonds is 4. The molecule has 100 valence electrons. The van der Waals surface area contributed by atoms with Crippen molar-refractivity contribution in [2.24, 2.45) is 0 Å². The number of thiazole rings is 1. The van der Waals surface area contributed by atoms with E-state index in [1.54, 1.807) is 17.5 Å². The van der Waals surface area contributed by atoms with Crippen LogP contribution in [-0.2, 0) is 13.1 Å². The predicted octanol–water partition coefficient (Wildman–Crippen LogP) is 2.60. The Labute approximate surface area is 115 Å². The van der Waals surface area contributed by atoms with Crippen LogP contribution in [0.4, 0.5) is 0 Å². The van der Waals surface area contributed by atoms with Crippen molar-refractivity contribution in [3.05, 3.63) is 40.3 Å². The van der Waals surface area contributed by atoms with E-state index >= 15 is 0 Å². The SMILES string of the molecule is Cc1cnc(CNCc2c(C)nc3scc(C)n23)o1. The van der Waals surface area contributed by atoms with Gasteiger partial charge in [0.25, 0.3) is 0 Å². The van der Waals surface area contributed by atoms with Crippen LogP contribution in [0.25, 0.3) is 4.96 Å². The van der Waals surface area contributed by atoms with Gasteiger partial charge in [-0.1, -0.05) is 0 Å². The molecule has 0 aromatic carbocycles. The van der Waals surface area contributed by atoms with E-state index in [1.807, 2.05) is 13.8 Å². The Morgan fingerprint density at radius 2 is 2.16 bits per heavy atom. The quantitative estimate of drug-likeness (QED) is 0.796. The fourth-order valence-corrected chi connectivity index (χ4v) is 3.08. The van der Waals surface area contributed by atoms with E-state index in [9.17, 15) is 0 Å². The Morgan fingerprint density at radius 1 is 1.32 bits per heavy atom. The molecular weight excluding hydrogens is 260 g/mol. The number of aromatic nitrogens is 3. The molecule has 0 radical (unpaired) electrons. The number of aryl methyl sites for hydroxylation is 3. The lowest BCUT2D eigenvalue weighted by Crippen LogP contribution is -2.15. The summed E-state index contributed by atoms with van der Waals surface area (Å²) in [5.74, 6) is 1.56. The highest BCUT2D eigenvalue weighted by atomic mass is 32.1. The summed E-state index contributed by atoms with van der Waals surface area (Å²) in [6.07, 6.45) is 1.74. The number of nitrogens with zero attached hydrogens (tertiary/aromatic N) is 3. The van der Waals surface area contributed by atoms with E-state index in [0.717, 1.165) is 28.9 Å². The molecule has 1 N–H and O–H groups in total. The molecule has 0 amide bonds. The van der Waals surface area contributed by atoms with Crippen LogP contribution >= 0.6 is 11.3 Å². The Bertz CT molecular complexity index is 709. The van der Waals surface area contributed by atoms with E-state index in [2.05, 4.69) is 32.0 Å². The number of imidazole rings is 1. The van der Waals surface area contributed by atoms with Gasteiger partial charge in [-0.25, -0.2) is 9.97 Å². The van der Waals surface area contributed by atoms with Crippen molar-refractivity contribution in [1.82, 2.24) is 19.7 Å². The smallest absolute Gasteiger partial charge is 0.208 e. The maximum atomic E-state index is 5.44. The van der Waals surface area contributed by atoms with Crippen LogP contribution in [0.1, 0.15) is 28.7 Å². The minimum atomic E-state index is 0.629. The fourth-order valence-electron chi connectivity index (χ4n) is 2.15. The maximum Gasteiger partial charge on any atom is 0.208 e. The number of hydrogen-bond acceptors (Lipinski definition) is 5. The molecule has 0 spiro atoms. The van der Waals surface area contributed by atoms with E-state index in [1.165, 1.54) is 11.4 Å². The van der Waals surface area contributed by atoms with Gasteiger partial charge in [0.2, 0.25) is 5.89 Å². The lowest BCUT2D eigenvalue weighted by atomic mass is 10.3. The molecule has 3 aromatic rings. The molecule has 0 aliphatic carbocycles. The van der Waals surface area contributed by atoms with Crippen molar-refractivity contribution in [2.45, 2.75) is 33.9 Å². The van der Waals surface area contributed by atoms with Gasteiger partial charge in [0.15, 0.2) is 4.96 Å². The van der Waals surface area contributed by atoms with E-state index in [0.29, 0.717) is 6.54 Å². The zero-order valence-corrected chi connectivity index (χ0v) is 12.0. The van der Waals surface area contributed by atoms with Crippen molar-refractivity contribution in [2.75, 3.05) is 0 Å². The molecule has 0 aliphatic heterocycles. The first-order valence-electron chi connectivity index (χ1n) is 6.19. The minimum Gasteiger partial charge on any atom is -0.445 e. The second kappa shape index (κ2) is 4.79. The lowest BCUT2D eigenvalue weighted by Gasteiger charge is -2.04. The van der Waals surface area contributed by atoms with Crippen molar-refractivity contribution in [1.29, 1.82) is 0 Å². The highest BCUT2D eigenvalue weighted by Gasteiger charge is 2.11. The Balaban J connectivity index is 1.74. The molecule has 3 heterocycles. The van der Waals surface area contributed by atoms with Gasteiger partial charge in [0.05, 0.1) is 24.1 Å². The van der Waals surface area contributed by atoms with Crippen molar-refractivity contribution >= 4 is 16.3 Å². The molecule has 6 heteroatoms. The number of oxazole rings is 1. The zero-order chi connectivity index (χ0) is 13.4. The Morgan fingerprint density at radius 3 is 2.89 bits per heavy atom. The summed E-state index contributed by atoms with van der Waals surface area (Å²) < 4.78 is 7.64. The monoisotopic (exact) mass is 276 g/mol. The first-order valence-corrected chi connectivity index (χ1v) is 7.07. The second-order valence-corrected chi connectivity index (χ2v) is 5.44. The molecule has 0 aliphatic rings. The summed E-state index contributed by atoms with van der Waals surface area (Å²) in [5, 5.41) is 5.48. The summed E-state index contributed by atoms with van der Waals surface area (Å²) in [7, 11) is 0. The van der Waals surface area contributed by atoms with Crippen LogP contribution in [0.5, 0.6) is 0 Å². The molecule has 0 atom stereocenters. The normalized spacial score (nSPS) is 11.5. The van der Waals surface area contributed by atoms with Crippen molar-refractivity contribution in [3.63, 3.8) is 0 Å². The average molecular weight is 276 g/mol. The molecule has 0 saturated heterocycles. The van der Waals surface area contributed by atoms with Crippen LogP contribution in [0.15, 0.2) is 16.0 Å². The Kier molecular flexibility index (Phi) is 3.12. The fraction of sp³-hybridized carbons (Fsp3) is 0.385. The van der Waals surface area contributed by atoms with Gasteiger partial charge >= 0.3 is 0 Å². The van der Waals surface area contributed by atoms with E-state index in [4.69, 9.17) is 4.42 Å². The third-order valence-electron chi connectivity index (χ3n) is 3.07. The predicted molar refractivity (Wildman–Crippen MR) is 74.3 cm³/mol. The third kappa shape index (κ3) is 2.29. The first kappa shape index (κ1) is 12.4. The summed E-state index contributed by atoms with van der Waals surface area (Å²) in [4.78, 5) is 9.80. The molecular formula is C13H16N4OS. The number of hydrogen-bond donors (Lipinski definition) is 1.